The minimum atomic E-state index is -1.24. The highest BCUT2D eigenvalue weighted by Crippen LogP contribution is 2.35. The Morgan fingerprint density at radius 2 is 1.78 bits per heavy atom. The van der Waals surface area contributed by atoms with E-state index < -0.39 is 11.6 Å². The van der Waals surface area contributed by atoms with Gasteiger partial charge in [-0.05, 0) is 37.5 Å². The first-order valence-corrected chi connectivity index (χ1v) is 6.56. The molecular formula is C14H19BrO3. The normalized spacial score (nSPS) is 12.3. The molecule has 0 aromatic heterocycles. The van der Waals surface area contributed by atoms with E-state index in [0.717, 1.165) is 10.0 Å². The van der Waals surface area contributed by atoms with Crippen LogP contribution in [0.5, 0.6) is 5.75 Å². The van der Waals surface area contributed by atoms with Crippen LogP contribution in [0.15, 0.2) is 22.7 Å². The summed E-state index contributed by atoms with van der Waals surface area (Å²) in [6.45, 7) is 9.29. The van der Waals surface area contributed by atoms with Crippen LogP contribution >= 0.6 is 15.9 Å². The summed E-state index contributed by atoms with van der Waals surface area (Å²) < 4.78 is 6.61. The topological polar surface area (TPSA) is 46.5 Å². The van der Waals surface area contributed by atoms with Crippen LogP contribution in [0.25, 0.3) is 0 Å². The summed E-state index contributed by atoms with van der Waals surface area (Å²) in [5, 5.41) is 9.12. The number of hydrogen-bond donors (Lipinski definition) is 1. The Morgan fingerprint density at radius 3 is 2.22 bits per heavy atom. The third-order valence-electron chi connectivity index (χ3n) is 2.63. The lowest BCUT2D eigenvalue weighted by Crippen LogP contribution is -2.38. The van der Waals surface area contributed by atoms with Crippen LogP contribution in [0.3, 0.4) is 0 Å². The van der Waals surface area contributed by atoms with E-state index in [2.05, 4.69) is 36.7 Å². The average molecular weight is 315 g/mol. The Balaban J connectivity index is 3.22. The van der Waals surface area contributed by atoms with Gasteiger partial charge >= 0.3 is 5.97 Å². The molecule has 1 aromatic carbocycles. The molecule has 0 aliphatic rings. The second kappa shape index (κ2) is 4.92. The van der Waals surface area contributed by atoms with E-state index in [1.165, 1.54) is 0 Å². The molecule has 0 unspecified atom stereocenters. The van der Waals surface area contributed by atoms with Crippen LogP contribution in [0.1, 0.15) is 40.2 Å². The van der Waals surface area contributed by atoms with Crippen LogP contribution in [0.4, 0.5) is 0 Å². The molecule has 100 valence electrons. The second-order valence-corrected chi connectivity index (χ2v) is 6.72. The summed E-state index contributed by atoms with van der Waals surface area (Å²) >= 11 is 3.43. The lowest BCUT2D eigenvalue weighted by Gasteiger charge is -2.28. The molecule has 0 amide bonds. The molecule has 1 N–H and O–H groups in total. The number of hydrogen-bond acceptors (Lipinski definition) is 2. The van der Waals surface area contributed by atoms with Crippen molar-refractivity contribution in [1.29, 1.82) is 0 Å². The van der Waals surface area contributed by atoms with E-state index in [9.17, 15) is 4.79 Å². The zero-order valence-electron chi connectivity index (χ0n) is 11.4. The summed E-state index contributed by atoms with van der Waals surface area (Å²) in [5.74, 6) is -0.372. The van der Waals surface area contributed by atoms with Gasteiger partial charge in [0.05, 0.1) is 0 Å². The third-order valence-corrected chi connectivity index (χ3v) is 3.12. The number of carboxylic acid groups (broad SMARTS) is 1. The van der Waals surface area contributed by atoms with Gasteiger partial charge in [-0.15, -0.1) is 0 Å². The molecule has 0 heterocycles. The Morgan fingerprint density at radius 1 is 1.22 bits per heavy atom. The average Bonchev–Trinajstić information content (AvgIpc) is 2.18. The van der Waals surface area contributed by atoms with Gasteiger partial charge in [0, 0.05) is 10.0 Å². The Hall–Kier alpha value is -1.03. The monoisotopic (exact) mass is 314 g/mol. The molecule has 1 aromatic rings. The van der Waals surface area contributed by atoms with Crippen LogP contribution in [-0.2, 0) is 10.2 Å². The lowest BCUT2D eigenvalue weighted by molar-refractivity contribution is -0.152. The van der Waals surface area contributed by atoms with Gasteiger partial charge in [0.25, 0.3) is 0 Å². The first kappa shape index (κ1) is 15.0. The van der Waals surface area contributed by atoms with Crippen molar-refractivity contribution in [2.24, 2.45) is 0 Å². The van der Waals surface area contributed by atoms with E-state index in [1.54, 1.807) is 19.9 Å². The van der Waals surface area contributed by atoms with Gasteiger partial charge in [0.2, 0.25) is 0 Å². The zero-order valence-corrected chi connectivity index (χ0v) is 13.0. The van der Waals surface area contributed by atoms with Crippen molar-refractivity contribution in [3.63, 3.8) is 0 Å². The summed E-state index contributed by atoms with van der Waals surface area (Å²) in [5.41, 5.74) is -0.382. The number of carboxylic acids is 1. The van der Waals surface area contributed by atoms with E-state index in [4.69, 9.17) is 9.84 Å². The molecule has 0 atom stereocenters. The van der Waals surface area contributed by atoms with Gasteiger partial charge in [-0.25, -0.2) is 4.79 Å². The Labute approximate surface area is 116 Å². The highest BCUT2D eigenvalue weighted by atomic mass is 79.9. The molecule has 3 nitrogen and oxygen atoms in total. The minimum Gasteiger partial charge on any atom is -0.478 e. The number of benzene rings is 1. The highest BCUT2D eigenvalue weighted by molar-refractivity contribution is 9.10. The smallest absolute Gasteiger partial charge is 0.347 e. The molecule has 0 spiro atoms. The van der Waals surface area contributed by atoms with Crippen molar-refractivity contribution in [3.8, 4) is 5.75 Å². The van der Waals surface area contributed by atoms with Gasteiger partial charge in [-0.1, -0.05) is 36.7 Å². The zero-order chi connectivity index (χ0) is 14.1. The van der Waals surface area contributed by atoms with Crippen molar-refractivity contribution < 1.29 is 14.6 Å². The molecule has 0 fully saturated rings. The highest BCUT2D eigenvalue weighted by Gasteiger charge is 2.31. The molecule has 18 heavy (non-hydrogen) atoms. The Bertz CT molecular complexity index is 459. The van der Waals surface area contributed by atoms with Crippen LogP contribution in [-0.4, -0.2) is 16.7 Å². The van der Waals surface area contributed by atoms with E-state index in [1.807, 2.05) is 12.1 Å². The molecule has 0 aliphatic carbocycles. The standard InChI is InChI=1S/C14H19BrO3/c1-13(2,3)10-8-9(15)6-7-11(10)18-14(4,5)12(16)17/h6-8H,1-5H3,(H,16,17). The maximum atomic E-state index is 11.1. The van der Waals surface area contributed by atoms with E-state index >= 15 is 0 Å². The molecule has 0 radical (unpaired) electrons. The number of ether oxygens (including phenoxy) is 1. The fraction of sp³-hybridized carbons (Fsp3) is 0.500. The summed E-state index contributed by atoms with van der Waals surface area (Å²) in [6, 6.07) is 5.62. The largest absolute Gasteiger partial charge is 0.478 e. The summed E-state index contributed by atoms with van der Waals surface area (Å²) in [6.07, 6.45) is 0. The molecule has 0 bridgehead atoms. The number of carbonyl (C=O) groups is 1. The maximum absolute atomic E-state index is 11.1. The van der Waals surface area contributed by atoms with Crippen molar-refractivity contribution in [2.75, 3.05) is 0 Å². The Kier molecular flexibility index (Phi) is 4.11. The van der Waals surface area contributed by atoms with Gasteiger partial charge < -0.3 is 9.84 Å². The van der Waals surface area contributed by atoms with E-state index in [-0.39, 0.29) is 5.41 Å². The molecular weight excluding hydrogens is 296 g/mol. The van der Waals surface area contributed by atoms with Crippen molar-refractivity contribution >= 4 is 21.9 Å². The number of rotatable bonds is 3. The molecule has 0 aliphatic heterocycles. The van der Waals surface area contributed by atoms with Crippen molar-refractivity contribution in [3.05, 3.63) is 28.2 Å². The number of aliphatic carboxylic acids is 1. The van der Waals surface area contributed by atoms with Gasteiger partial charge in [-0.2, -0.15) is 0 Å². The summed E-state index contributed by atoms with van der Waals surface area (Å²) in [4.78, 5) is 11.1. The number of halogens is 1. The first-order chi connectivity index (χ1) is 8.04. The van der Waals surface area contributed by atoms with Crippen LogP contribution in [0.2, 0.25) is 0 Å². The second-order valence-electron chi connectivity index (χ2n) is 5.81. The van der Waals surface area contributed by atoms with Gasteiger partial charge in [0.15, 0.2) is 5.60 Å². The van der Waals surface area contributed by atoms with E-state index in [0.29, 0.717) is 5.75 Å². The van der Waals surface area contributed by atoms with Gasteiger partial charge in [-0.3, -0.25) is 0 Å². The first-order valence-electron chi connectivity index (χ1n) is 5.76. The van der Waals surface area contributed by atoms with Crippen LogP contribution < -0.4 is 4.74 Å². The SMILES string of the molecule is CC(C)(Oc1ccc(Br)cc1C(C)(C)C)C(=O)O. The molecule has 4 heteroatoms. The maximum Gasteiger partial charge on any atom is 0.347 e. The minimum absolute atomic E-state index is 0.117. The third kappa shape index (κ3) is 3.48. The van der Waals surface area contributed by atoms with Gasteiger partial charge in [0.1, 0.15) is 5.75 Å². The summed E-state index contributed by atoms with van der Waals surface area (Å²) in [7, 11) is 0. The quantitative estimate of drug-likeness (QED) is 0.917. The predicted octanol–water partition coefficient (Wildman–Crippen LogP) is 3.99. The van der Waals surface area contributed by atoms with Crippen molar-refractivity contribution in [1.82, 2.24) is 0 Å². The lowest BCUT2D eigenvalue weighted by atomic mass is 9.86. The van der Waals surface area contributed by atoms with Crippen molar-refractivity contribution in [2.45, 2.75) is 45.6 Å². The predicted molar refractivity (Wildman–Crippen MR) is 75.2 cm³/mol. The molecule has 0 saturated carbocycles. The van der Waals surface area contributed by atoms with Crippen LogP contribution in [0, 0.1) is 0 Å². The molecule has 0 saturated heterocycles. The fourth-order valence-corrected chi connectivity index (χ4v) is 1.86. The molecule has 1 rings (SSSR count). The fourth-order valence-electron chi connectivity index (χ4n) is 1.50.